The lowest BCUT2D eigenvalue weighted by Gasteiger charge is -2.04. The fourth-order valence-electron chi connectivity index (χ4n) is 2.36. The Labute approximate surface area is 120 Å². The molecule has 0 aliphatic heterocycles. The molecular weight excluding hydrogens is 264 g/mol. The number of pyridine rings is 1. The maximum absolute atomic E-state index is 4.41. The number of benzene rings is 1. The van der Waals surface area contributed by atoms with Gasteiger partial charge < -0.3 is 0 Å². The highest BCUT2D eigenvalue weighted by atomic mass is 15.4. The number of nitrogens with zero attached hydrogens (tertiary/aromatic N) is 6. The van der Waals surface area contributed by atoms with Crippen LogP contribution < -0.4 is 0 Å². The predicted molar refractivity (Wildman–Crippen MR) is 78.7 cm³/mol. The summed E-state index contributed by atoms with van der Waals surface area (Å²) in [5.41, 5.74) is 3.60. The van der Waals surface area contributed by atoms with Crippen molar-refractivity contribution in [3.63, 3.8) is 0 Å². The lowest BCUT2D eigenvalue weighted by atomic mass is 10.1. The van der Waals surface area contributed by atoms with Gasteiger partial charge in [0.05, 0.1) is 18.3 Å². The Morgan fingerprint density at radius 1 is 1.10 bits per heavy atom. The van der Waals surface area contributed by atoms with Crippen LogP contribution in [0.4, 0.5) is 0 Å². The molecule has 0 saturated heterocycles. The molecule has 0 radical (unpaired) electrons. The van der Waals surface area contributed by atoms with Crippen LogP contribution in [0.2, 0.25) is 0 Å². The van der Waals surface area contributed by atoms with Gasteiger partial charge in [0.1, 0.15) is 5.82 Å². The molecule has 21 heavy (non-hydrogen) atoms. The third-order valence-corrected chi connectivity index (χ3v) is 3.38. The second kappa shape index (κ2) is 4.59. The fraction of sp³-hybridized carbons (Fsp3) is 0.133. The molecule has 0 unspecified atom stereocenters. The van der Waals surface area contributed by atoms with Gasteiger partial charge in [0.15, 0.2) is 11.2 Å². The normalized spacial score (nSPS) is 11.3. The van der Waals surface area contributed by atoms with Gasteiger partial charge in [-0.15, -0.1) is 5.10 Å². The van der Waals surface area contributed by atoms with Gasteiger partial charge >= 0.3 is 0 Å². The van der Waals surface area contributed by atoms with Crippen LogP contribution in [0.1, 0.15) is 11.4 Å². The summed E-state index contributed by atoms with van der Waals surface area (Å²) >= 11 is 0. The minimum absolute atomic E-state index is 0.623. The minimum Gasteiger partial charge on any atom is -0.256 e. The van der Waals surface area contributed by atoms with Gasteiger partial charge in [-0.05, 0) is 30.7 Å². The van der Waals surface area contributed by atoms with E-state index in [1.807, 2.05) is 19.1 Å². The average Bonchev–Trinajstić information content (AvgIpc) is 2.89. The molecule has 6 heteroatoms. The topological polar surface area (TPSA) is 69.4 Å². The number of rotatable bonds is 2. The molecule has 0 amide bonds. The summed E-state index contributed by atoms with van der Waals surface area (Å²) in [6.45, 7) is 2.48. The van der Waals surface area contributed by atoms with Crippen LogP contribution in [0.3, 0.4) is 0 Å². The van der Waals surface area contributed by atoms with E-state index in [0.717, 1.165) is 22.1 Å². The Morgan fingerprint density at radius 2 is 2.05 bits per heavy atom. The van der Waals surface area contributed by atoms with Gasteiger partial charge in [-0.3, -0.25) is 4.98 Å². The third kappa shape index (κ3) is 2.10. The molecule has 0 atom stereocenters. The van der Waals surface area contributed by atoms with Gasteiger partial charge in [-0.25, -0.2) is 14.6 Å². The summed E-state index contributed by atoms with van der Waals surface area (Å²) in [5, 5.41) is 9.37. The van der Waals surface area contributed by atoms with Gasteiger partial charge in [-0.1, -0.05) is 17.3 Å². The van der Waals surface area contributed by atoms with Gasteiger partial charge in [0.2, 0.25) is 0 Å². The first-order valence-electron chi connectivity index (χ1n) is 6.66. The molecule has 0 spiro atoms. The zero-order chi connectivity index (χ0) is 14.2. The predicted octanol–water partition coefficient (Wildman–Crippen LogP) is 2.13. The zero-order valence-corrected chi connectivity index (χ0v) is 11.4. The second-order valence-electron chi connectivity index (χ2n) is 4.90. The van der Waals surface area contributed by atoms with E-state index in [4.69, 9.17) is 0 Å². The quantitative estimate of drug-likeness (QED) is 0.561. The van der Waals surface area contributed by atoms with Crippen molar-refractivity contribution in [1.29, 1.82) is 0 Å². The highest BCUT2D eigenvalue weighted by Gasteiger charge is 2.07. The van der Waals surface area contributed by atoms with E-state index in [1.54, 1.807) is 17.1 Å². The first kappa shape index (κ1) is 11.9. The van der Waals surface area contributed by atoms with Crippen LogP contribution in [-0.2, 0) is 6.54 Å². The molecule has 0 bridgehead atoms. The van der Waals surface area contributed by atoms with E-state index in [1.165, 1.54) is 0 Å². The molecule has 6 nitrogen and oxygen atoms in total. The summed E-state index contributed by atoms with van der Waals surface area (Å²) in [7, 11) is 0. The highest BCUT2D eigenvalue weighted by molar-refractivity contribution is 5.79. The fourth-order valence-corrected chi connectivity index (χ4v) is 2.36. The van der Waals surface area contributed by atoms with Crippen molar-refractivity contribution in [2.75, 3.05) is 0 Å². The van der Waals surface area contributed by atoms with Crippen molar-refractivity contribution in [1.82, 2.24) is 29.9 Å². The number of fused-ring (bicyclic) bond motifs is 2. The van der Waals surface area contributed by atoms with Crippen molar-refractivity contribution in [3.05, 3.63) is 54.1 Å². The van der Waals surface area contributed by atoms with Crippen LogP contribution in [0, 0.1) is 6.92 Å². The van der Waals surface area contributed by atoms with Crippen LogP contribution in [0.25, 0.3) is 22.1 Å². The van der Waals surface area contributed by atoms with Crippen molar-refractivity contribution < 1.29 is 0 Å². The van der Waals surface area contributed by atoms with Crippen LogP contribution >= 0.6 is 0 Å². The van der Waals surface area contributed by atoms with E-state index in [9.17, 15) is 0 Å². The van der Waals surface area contributed by atoms with Gasteiger partial charge in [0.25, 0.3) is 0 Å². The van der Waals surface area contributed by atoms with Crippen molar-refractivity contribution in [2.24, 2.45) is 0 Å². The molecule has 3 heterocycles. The minimum atomic E-state index is 0.623. The number of hydrogen-bond acceptors (Lipinski definition) is 5. The maximum Gasteiger partial charge on any atom is 0.182 e. The molecular formula is C15H12N6. The van der Waals surface area contributed by atoms with E-state index < -0.39 is 0 Å². The Kier molecular flexibility index (Phi) is 2.60. The monoisotopic (exact) mass is 276 g/mol. The van der Waals surface area contributed by atoms with E-state index in [0.29, 0.717) is 17.9 Å². The van der Waals surface area contributed by atoms with E-state index in [2.05, 4.69) is 43.5 Å². The standard InChI is InChI=1S/C15H12N6/c1-10-17-8-14-15(18-10)21(20-19-14)9-11-4-5-13-12(7-11)3-2-6-16-13/h2-8H,9H2,1H3. The molecule has 0 aliphatic carbocycles. The first-order chi connectivity index (χ1) is 10.3. The van der Waals surface area contributed by atoms with Crippen LogP contribution in [-0.4, -0.2) is 29.9 Å². The van der Waals surface area contributed by atoms with Crippen LogP contribution in [0.5, 0.6) is 0 Å². The van der Waals surface area contributed by atoms with E-state index in [-0.39, 0.29) is 0 Å². The van der Waals surface area contributed by atoms with Crippen molar-refractivity contribution in [2.45, 2.75) is 13.5 Å². The van der Waals surface area contributed by atoms with Gasteiger partial charge in [-0.2, -0.15) is 0 Å². The highest BCUT2D eigenvalue weighted by Crippen LogP contribution is 2.15. The lowest BCUT2D eigenvalue weighted by Crippen LogP contribution is -2.03. The lowest BCUT2D eigenvalue weighted by molar-refractivity contribution is 0.663. The molecule has 0 saturated carbocycles. The first-order valence-corrected chi connectivity index (χ1v) is 6.66. The molecule has 1 aromatic carbocycles. The molecule has 4 aromatic rings. The average molecular weight is 276 g/mol. The Hall–Kier alpha value is -2.89. The largest absolute Gasteiger partial charge is 0.256 e. The molecule has 0 N–H and O–H groups in total. The Morgan fingerprint density at radius 3 is 3.00 bits per heavy atom. The number of aromatic nitrogens is 6. The summed E-state index contributed by atoms with van der Waals surface area (Å²) in [4.78, 5) is 12.9. The van der Waals surface area contributed by atoms with Crippen LogP contribution in [0.15, 0.2) is 42.7 Å². The molecule has 4 rings (SSSR count). The molecule has 102 valence electrons. The van der Waals surface area contributed by atoms with Crippen molar-refractivity contribution >= 4 is 22.1 Å². The van der Waals surface area contributed by atoms with Gasteiger partial charge in [0, 0.05) is 11.6 Å². The van der Waals surface area contributed by atoms with E-state index >= 15 is 0 Å². The molecule has 0 aliphatic rings. The summed E-state index contributed by atoms with van der Waals surface area (Å²) in [5.74, 6) is 0.716. The third-order valence-electron chi connectivity index (χ3n) is 3.38. The second-order valence-corrected chi connectivity index (χ2v) is 4.90. The number of aryl methyl sites for hydroxylation is 1. The number of hydrogen-bond donors (Lipinski definition) is 0. The summed E-state index contributed by atoms with van der Waals surface area (Å²) < 4.78 is 1.79. The Balaban J connectivity index is 1.77. The smallest absolute Gasteiger partial charge is 0.182 e. The molecule has 3 aromatic heterocycles. The summed E-state index contributed by atoms with van der Waals surface area (Å²) in [6, 6.07) is 10.2. The SMILES string of the molecule is Cc1ncc2nnn(Cc3ccc4ncccc4c3)c2n1. The maximum atomic E-state index is 4.41. The summed E-state index contributed by atoms with van der Waals surface area (Å²) in [6.07, 6.45) is 3.50. The molecule has 0 fully saturated rings. The Bertz CT molecular complexity index is 943. The van der Waals surface area contributed by atoms with Crippen molar-refractivity contribution in [3.8, 4) is 0 Å². The zero-order valence-electron chi connectivity index (χ0n) is 11.4.